The Hall–Kier alpha value is 4.24. The molecule has 0 aromatic heterocycles. The van der Waals surface area contributed by atoms with Crippen molar-refractivity contribution in [3.63, 3.8) is 0 Å². The van der Waals surface area contributed by atoms with Gasteiger partial charge in [0.25, 0.3) is 0 Å². The fourth-order valence-corrected chi connectivity index (χ4v) is 0.658. The molecule has 12 heteroatoms. The summed E-state index contributed by atoms with van der Waals surface area (Å²) in [5, 5.41) is 6.07. The second-order valence-corrected chi connectivity index (χ2v) is 2.65. The van der Waals surface area contributed by atoms with Crippen LogP contribution in [-0.4, -0.2) is 145 Å². The van der Waals surface area contributed by atoms with Crippen molar-refractivity contribution in [2.75, 3.05) is 52.4 Å². The summed E-state index contributed by atoms with van der Waals surface area (Å²) in [6.45, 7) is 6.27. The van der Waals surface area contributed by atoms with E-state index >= 15 is 0 Å². The second kappa shape index (κ2) is 56.7. The van der Waals surface area contributed by atoms with Gasteiger partial charge < -0.3 is 102 Å². The monoisotopic (exact) mass is 800 g/mol. The maximum Gasteiger partial charge on any atom is 5.00 e. The van der Waals surface area contributed by atoms with Crippen LogP contribution in [0.15, 0.2) is 0 Å². The van der Waals surface area contributed by atoms with E-state index in [-0.39, 0.29) is 142 Å². The molecule has 0 fully saturated rings. The first-order chi connectivity index (χ1) is 6.83. The zero-order valence-electron chi connectivity index (χ0n) is 11.4. The molecule has 10 N–H and O–H groups in total. The Kier molecular flexibility index (Phi) is 141. The molecule has 0 rings (SSSR count). The number of hydrogen-bond acceptors (Lipinski definition) is 6. The molecule has 20 heavy (non-hydrogen) atoms. The molecule has 0 aliphatic heterocycles. The van der Waals surface area contributed by atoms with Crippen molar-refractivity contribution in [2.45, 2.75) is 0 Å². The number of rotatable bonds is 8. The molecule has 0 aliphatic carbocycles. The Balaban J connectivity index is -0.0000000185. The molecule has 0 saturated carbocycles. The predicted molar refractivity (Wildman–Crippen MR) is 90.7 cm³/mol. The van der Waals surface area contributed by atoms with E-state index < -0.39 is 0 Å². The van der Waals surface area contributed by atoms with Crippen molar-refractivity contribution < 1.29 is 49.4 Å². The van der Waals surface area contributed by atoms with E-state index in [4.69, 9.17) is 22.9 Å². The summed E-state index contributed by atoms with van der Waals surface area (Å²) >= 11 is 0. The first-order valence-electron chi connectivity index (χ1n) is 5.05. The predicted octanol–water partition coefficient (Wildman–Crippen LogP) is -4.92. The van der Waals surface area contributed by atoms with Crippen LogP contribution < -0.4 is 33.6 Å². The Bertz CT molecular complexity index is 87.4. The summed E-state index contributed by atoms with van der Waals surface area (Å²) in [7, 11) is 0. The van der Waals surface area contributed by atoms with Crippen LogP contribution in [0, 0.1) is 49.4 Å². The smallest absolute Gasteiger partial charge is 2.00 e. The van der Waals surface area contributed by atoms with Crippen LogP contribution in [0.3, 0.4) is 0 Å². The minimum Gasteiger partial charge on any atom is -2.00 e. The molecule has 0 saturated heterocycles. The summed E-state index contributed by atoms with van der Waals surface area (Å²) in [5.74, 6) is 0. The van der Waals surface area contributed by atoms with Gasteiger partial charge >= 0.3 is 73.8 Å². The van der Waals surface area contributed by atoms with Gasteiger partial charge in [-0.15, -0.1) is 0 Å². The fourth-order valence-electron chi connectivity index (χ4n) is 0.658. The van der Waals surface area contributed by atoms with Crippen LogP contribution in [0.2, 0.25) is 0 Å². The van der Waals surface area contributed by atoms with Crippen molar-refractivity contribution in [3.8, 4) is 0 Å². The number of nitrogens with two attached hydrogens (primary N) is 4. The molecule has 0 aromatic rings. The second-order valence-electron chi connectivity index (χ2n) is 2.65. The molecule has 0 atom stereocenters. The van der Waals surface area contributed by atoms with E-state index in [0.717, 1.165) is 26.2 Å². The average Bonchev–Trinajstić information content (AvgIpc) is 2.21. The molecule has 6 nitrogen and oxygen atoms in total. The molecule has 124 valence electrons. The van der Waals surface area contributed by atoms with Gasteiger partial charge in [0, 0.05) is 52.4 Å². The maximum atomic E-state index is 5.17. The Labute approximate surface area is 224 Å². The summed E-state index contributed by atoms with van der Waals surface area (Å²) in [6, 6.07) is 0. The fraction of sp³-hybridized carbons (Fsp3) is 1.00. The quantitative estimate of drug-likeness (QED) is 0.108. The third-order valence-electron chi connectivity index (χ3n) is 1.28. The van der Waals surface area contributed by atoms with Gasteiger partial charge in [-0.25, -0.2) is 0 Å². The standard InChI is InChI=1S/2C4H13N3.Eu.Sb.4Se/c2*5-1-3-7-4-2-6;;;;;;/h2*7H,1-6H2;;;;;;/q;;+3;+5;4*-2. The van der Waals surface area contributed by atoms with Crippen LogP contribution in [0.1, 0.15) is 0 Å². The SMILES string of the molecule is NCCNCCN.NCCNCCN.[Eu+3].[Sb+5].[Se-2].[Se-2].[Se-2].[Se-2]. The average molecular weight is 796 g/mol. The third-order valence-corrected chi connectivity index (χ3v) is 1.28. The maximum absolute atomic E-state index is 5.17. The van der Waals surface area contributed by atoms with Crippen LogP contribution >= 0.6 is 0 Å². The van der Waals surface area contributed by atoms with Gasteiger partial charge in [-0.05, 0) is 0 Å². The van der Waals surface area contributed by atoms with Gasteiger partial charge in [-0.3, -0.25) is 0 Å². The van der Waals surface area contributed by atoms with Crippen molar-refractivity contribution in [3.05, 3.63) is 0 Å². The molecule has 0 heterocycles. The number of hydrogen-bond donors (Lipinski definition) is 6. The largest absolute Gasteiger partial charge is 5.00 e. The summed E-state index contributed by atoms with van der Waals surface area (Å²) in [6.07, 6.45) is 0. The molecule has 0 spiro atoms. The molecule has 0 aliphatic rings. The first-order valence-corrected chi connectivity index (χ1v) is 5.05. The van der Waals surface area contributed by atoms with Gasteiger partial charge in [-0.1, -0.05) is 0 Å². The van der Waals surface area contributed by atoms with Crippen LogP contribution in [0.4, 0.5) is 0 Å². The van der Waals surface area contributed by atoms with E-state index in [0.29, 0.717) is 26.2 Å². The molecule has 0 unspecified atom stereocenters. The topological polar surface area (TPSA) is 128 Å². The first kappa shape index (κ1) is 49.6. The third kappa shape index (κ3) is 67.0. The normalized spacial score (nSPS) is 6.60. The van der Waals surface area contributed by atoms with Crippen molar-refractivity contribution in [1.29, 1.82) is 0 Å². The van der Waals surface area contributed by atoms with Crippen LogP contribution in [-0.2, 0) is 0 Å². The Morgan fingerprint density at radius 3 is 0.750 bits per heavy atom. The number of nitrogens with one attached hydrogen (secondary N) is 2. The zero-order chi connectivity index (χ0) is 11.1. The molecule has 0 aromatic carbocycles. The Morgan fingerprint density at radius 1 is 0.500 bits per heavy atom. The van der Waals surface area contributed by atoms with Crippen LogP contribution in [0.25, 0.3) is 0 Å². The minimum absolute atomic E-state index is 0. The van der Waals surface area contributed by atoms with Gasteiger partial charge in [0.05, 0.1) is 0 Å². The van der Waals surface area contributed by atoms with Gasteiger partial charge in [0.1, 0.15) is 0 Å². The van der Waals surface area contributed by atoms with Gasteiger partial charge in [0.15, 0.2) is 0 Å². The summed E-state index contributed by atoms with van der Waals surface area (Å²) < 4.78 is 0. The van der Waals surface area contributed by atoms with Crippen molar-refractivity contribution >= 4 is 92.7 Å². The van der Waals surface area contributed by atoms with Gasteiger partial charge in [0.2, 0.25) is 0 Å². The zero-order valence-corrected chi connectivity index (χ0v) is 23.3. The summed E-state index contributed by atoms with van der Waals surface area (Å²) in [5.41, 5.74) is 20.7. The molecule has 0 amide bonds. The summed E-state index contributed by atoms with van der Waals surface area (Å²) in [4.78, 5) is 0. The minimum atomic E-state index is 0. The van der Waals surface area contributed by atoms with Crippen molar-refractivity contribution in [1.82, 2.24) is 10.6 Å². The van der Waals surface area contributed by atoms with E-state index in [1.54, 1.807) is 0 Å². The Morgan fingerprint density at radius 2 is 0.650 bits per heavy atom. The molecular weight excluding hydrogens is 770 g/mol. The van der Waals surface area contributed by atoms with E-state index in [1.165, 1.54) is 0 Å². The molecular formula is C8H26EuN6SbSe4. The molecule has 0 bridgehead atoms. The van der Waals surface area contributed by atoms with Gasteiger partial charge in [-0.2, -0.15) is 0 Å². The van der Waals surface area contributed by atoms with E-state index in [1.807, 2.05) is 0 Å². The van der Waals surface area contributed by atoms with E-state index in [2.05, 4.69) is 10.6 Å². The van der Waals surface area contributed by atoms with E-state index in [9.17, 15) is 0 Å². The van der Waals surface area contributed by atoms with Crippen LogP contribution in [0.5, 0.6) is 0 Å². The molecule has 0 radical (unpaired) electrons. The van der Waals surface area contributed by atoms with Crippen molar-refractivity contribution in [2.24, 2.45) is 22.9 Å².